The summed E-state index contributed by atoms with van der Waals surface area (Å²) in [6.07, 6.45) is 39.8. The van der Waals surface area contributed by atoms with E-state index in [1.165, 1.54) is 57.8 Å². The van der Waals surface area contributed by atoms with Crippen LogP contribution in [0, 0.1) is 0 Å². The highest BCUT2D eigenvalue weighted by Crippen LogP contribution is 2.22. The Morgan fingerprint density at radius 2 is 1.08 bits per heavy atom. The average Bonchev–Trinajstić information content (AvgIpc) is 3.23. The number of aliphatic hydroxyl groups excluding tert-OH is 4. The highest BCUT2D eigenvalue weighted by Gasteiger charge is 2.44. The van der Waals surface area contributed by atoms with Crippen LogP contribution in [0.3, 0.4) is 0 Å². The average molecular weight is 829 g/mol. The fourth-order valence-electron chi connectivity index (χ4n) is 6.21. The molecule has 336 valence electrons. The summed E-state index contributed by atoms with van der Waals surface area (Å²) < 4.78 is 22.0. The molecule has 0 spiro atoms. The quantitative estimate of drug-likeness (QED) is 0.0208. The Morgan fingerprint density at radius 1 is 0.576 bits per heavy atom. The summed E-state index contributed by atoms with van der Waals surface area (Å²) in [6, 6.07) is 0. The molecule has 59 heavy (non-hydrogen) atoms. The fourth-order valence-corrected chi connectivity index (χ4v) is 6.21. The van der Waals surface area contributed by atoms with Crippen molar-refractivity contribution >= 4 is 11.9 Å². The van der Waals surface area contributed by atoms with E-state index < -0.39 is 55.4 Å². The third-order valence-electron chi connectivity index (χ3n) is 9.85. The Morgan fingerprint density at radius 3 is 1.68 bits per heavy atom. The van der Waals surface area contributed by atoms with Crippen LogP contribution in [0.4, 0.5) is 0 Å². The molecule has 0 aliphatic carbocycles. The second-order valence-electron chi connectivity index (χ2n) is 15.2. The van der Waals surface area contributed by atoms with Gasteiger partial charge in [-0.05, 0) is 89.2 Å². The van der Waals surface area contributed by atoms with Crippen LogP contribution in [-0.4, -0.2) is 89.0 Å². The predicted molar refractivity (Wildman–Crippen MR) is 236 cm³/mol. The third kappa shape index (κ3) is 30.6. The lowest BCUT2D eigenvalue weighted by molar-refractivity contribution is -0.305. The first-order valence-corrected chi connectivity index (χ1v) is 22.7. The molecule has 0 radical (unpaired) electrons. The molecule has 0 saturated carbocycles. The number of esters is 2. The Bertz CT molecular complexity index is 1250. The molecule has 6 atom stereocenters. The van der Waals surface area contributed by atoms with Crippen molar-refractivity contribution in [3.8, 4) is 0 Å². The Hall–Kier alpha value is -3.08. The molecule has 4 N–H and O–H groups in total. The summed E-state index contributed by atoms with van der Waals surface area (Å²) in [5.74, 6) is -0.931. The predicted octanol–water partition coefficient (Wildman–Crippen LogP) is 9.76. The van der Waals surface area contributed by atoms with E-state index in [4.69, 9.17) is 18.9 Å². The van der Waals surface area contributed by atoms with Gasteiger partial charge in [0.2, 0.25) is 0 Å². The van der Waals surface area contributed by atoms with Crippen molar-refractivity contribution in [3.05, 3.63) is 78.6 Å². The summed E-state index contributed by atoms with van der Waals surface area (Å²) in [7, 11) is 0. The molecule has 0 aromatic heterocycles. The summed E-state index contributed by atoms with van der Waals surface area (Å²) in [6.45, 7) is 3.27. The van der Waals surface area contributed by atoms with Gasteiger partial charge in [-0.25, -0.2) is 0 Å². The molecule has 1 heterocycles. The standard InChI is InChI=1S/C49H80O10/c1-3-5-7-9-11-13-15-17-19-20-21-22-24-25-27-29-31-33-35-37-44(51)56-40-42(41-57-49-48(55)47(54)46(53)43(39-50)59-49)58-45(52)38-36-34-32-30-28-26-23-18-16-14-12-10-8-6-4-2/h11,13,16-17,19,21-23,25,27,31,33,42-43,46-50,53-55H,3-10,12,14-15,20,24,26,28-30,32,34-41H2,1-2H3/b13-11+,19-17+,22-21+,27-25+,33-31+/t18?,42-,43-,46+,47?,48?,49-/m0/s1. The zero-order valence-corrected chi connectivity index (χ0v) is 36.5. The van der Waals surface area contributed by atoms with E-state index in [0.717, 1.165) is 64.2 Å². The molecule has 1 aliphatic rings. The lowest BCUT2D eigenvalue weighted by atomic mass is 9.99. The first-order chi connectivity index (χ1) is 28.8. The Labute approximate surface area is 356 Å². The van der Waals surface area contributed by atoms with Crippen molar-refractivity contribution in [3.63, 3.8) is 0 Å². The Kier molecular flexibility index (Phi) is 35.7. The van der Waals surface area contributed by atoms with Crippen LogP contribution in [0.25, 0.3) is 0 Å². The molecule has 0 aromatic carbocycles. The molecule has 1 saturated heterocycles. The maximum atomic E-state index is 12.8. The number of hydrogen-bond donors (Lipinski definition) is 4. The molecule has 1 rings (SSSR count). The second kappa shape index (κ2) is 39.1. The van der Waals surface area contributed by atoms with E-state index >= 15 is 0 Å². The van der Waals surface area contributed by atoms with Crippen molar-refractivity contribution < 1.29 is 49.0 Å². The third-order valence-corrected chi connectivity index (χ3v) is 9.85. The van der Waals surface area contributed by atoms with Crippen LogP contribution < -0.4 is 0 Å². The molecule has 0 bridgehead atoms. The zero-order chi connectivity index (χ0) is 43.0. The maximum Gasteiger partial charge on any atom is 0.306 e. The van der Waals surface area contributed by atoms with Crippen molar-refractivity contribution in [1.82, 2.24) is 0 Å². The van der Waals surface area contributed by atoms with Gasteiger partial charge >= 0.3 is 11.9 Å². The molecule has 0 aromatic rings. The van der Waals surface area contributed by atoms with Crippen molar-refractivity contribution in [2.75, 3.05) is 19.8 Å². The van der Waals surface area contributed by atoms with Gasteiger partial charge in [0.1, 0.15) is 31.0 Å². The van der Waals surface area contributed by atoms with Crippen LogP contribution >= 0.6 is 0 Å². The van der Waals surface area contributed by atoms with Crippen LogP contribution in [0.1, 0.15) is 162 Å². The van der Waals surface area contributed by atoms with Gasteiger partial charge in [0, 0.05) is 12.8 Å². The number of ether oxygens (including phenoxy) is 4. The minimum atomic E-state index is -1.61. The smallest absolute Gasteiger partial charge is 0.306 e. The SMILES string of the molecule is CCCCC/C=C/C/C=C/C/C=C/C/C=C/C/C=C/CCC(=O)OC[C@@H](CO[C@H]1O[C@@H](CO)[C@@H](O)C(O)C1O)OC(=O)CCCCCCCC=C=CCCCCCCC. The molecule has 10 nitrogen and oxygen atoms in total. The second-order valence-corrected chi connectivity index (χ2v) is 15.2. The highest BCUT2D eigenvalue weighted by atomic mass is 16.7. The van der Waals surface area contributed by atoms with Crippen LogP contribution in [0.2, 0.25) is 0 Å². The highest BCUT2D eigenvalue weighted by molar-refractivity contribution is 5.70. The van der Waals surface area contributed by atoms with Crippen molar-refractivity contribution in [2.24, 2.45) is 0 Å². The number of unbranched alkanes of at least 4 members (excludes halogenated alkanes) is 13. The fraction of sp³-hybridized carbons (Fsp3) is 0.694. The van der Waals surface area contributed by atoms with Gasteiger partial charge in [-0.1, -0.05) is 132 Å². The molecular formula is C49H80O10. The number of hydrogen-bond acceptors (Lipinski definition) is 10. The number of aliphatic hydroxyl groups is 4. The monoisotopic (exact) mass is 829 g/mol. The van der Waals surface area contributed by atoms with E-state index in [1.807, 2.05) is 12.2 Å². The minimum Gasteiger partial charge on any atom is -0.462 e. The lowest BCUT2D eigenvalue weighted by Gasteiger charge is -2.39. The summed E-state index contributed by atoms with van der Waals surface area (Å²) >= 11 is 0. The van der Waals surface area contributed by atoms with Gasteiger partial charge in [-0.3, -0.25) is 9.59 Å². The van der Waals surface area contributed by atoms with E-state index in [9.17, 15) is 30.0 Å². The first-order valence-electron chi connectivity index (χ1n) is 22.7. The van der Waals surface area contributed by atoms with Gasteiger partial charge in [0.05, 0.1) is 13.2 Å². The van der Waals surface area contributed by atoms with Crippen molar-refractivity contribution in [2.45, 2.75) is 198 Å². The van der Waals surface area contributed by atoms with Gasteiger partial charge < -0.3 is 39.4 Å². The van der Waals surface area contributed by atoms with Gasteiger partial charge in [0.15, 0.2) is 12.4 Å². The Balaban J connectivity index is 2.41. The van der Waals surface area contributed by atoms with Gasteiger partial charge in [0.25, 0.3) is 0 Å². The summed E-state index contributed by atoms with van der Waals surface area (Å²) in [5.41, 5.74) is 3.29. The van der Waals surface area contributed by atoms with Crippen LogP contribution in [0.5, 0.6) is 0 Å². The van der Waals surface area contributed by atoms with Crippen molar-refractivity contribution in [1.29, 1.82) is 0 Å². The van der Waals surface area contributed by atoms with Crippen LogP contribution in [0.15, 0.2) is 78.6 Å². The summed E-state index contributed by atoms with van der Waals surface area (Å²) in [5, 5.41) is 40.1. The molecule has 1 aliphatic heterocycles. The van der Waals surface area contributed by atoms with Gasteiger partial charge in [-0.2, -0.15) is 0 Å². The molecule has 2 unspecified atom stereocenters. The number of rotatable bonds is 36. The minimum absolute atomic E-state index is 0.143. The van der Waals surface area contributed by atoms with Crippen LogP contribution in [-0.2, 0) is 28.5 Å². The normalized spacial score (nSPS) is 20.3. The first kappa shape index (κ1) is 53.9. The largest absolute Gasteiger partial charge is 0.462 e. The van der Waals surface area contributed by atoms with E-state index in [1.54, 1.807) is 0 Å². The molecular weight excluding hydrogens is 749 g/mol. The lowest BCUT2D eigenvalue weighted by Crippen LogP contribution is -2.59. The number of carbonyl (C=O) groups excluding carboxylic acids is 2. The maximum absolute atomic E-state index is 12.8. The topological polar surface area (TPSA) is 152 Å². The van der Waals surface area contributed by atoms with E-state index in [2.05, 4.69) is 80.3 Å². The molecule has 0 amide bonds. The molecule has 10 heteroatoms. The zero-order valence-electron chi connectivity index (χ0n) is 36.5. The number of allylic oxidation sites excluding steroid dienone is 11. The van der Waals surface area contributed by atoms with Gasteiger partial charge in [-0.15, -0.1) is 5.73 Å². The van der Waals surface area contributed by atoms with E-state index in [-0.39, 0.29) is 26.1 Å². The summed E-state index contributed by atoms with van der Waals surface area (Å²) in [4.78, 5) is 25.3. The van der Waals surface area contributed by atoms with E-state index in [0.29, 0.717) is 12.8 Å². The molecule has 1 fully saturated rings. The number of carbonyl (C=O) groups is 2.